The molecule has 0 radical (unpaired) electrons. The lowest BCUT2D eigenvalue weighted by atomic mass is 10.1. The van der Waals surface area contributed by atoms with Gasteiger partial charge in [-0.3, -0.25) is 0 Å². The first kappa shape index (κ1) is 14.4. The van der Waals surface area contributed by atoms with Gasteiger partial charge in [0.1, 0.15) is 17.6 Å². The minimum absolute atomic E-state index is 0.0138. The summed E-state index contributed by atoms with van der Waals surface area (Å²) >= 11 is 0. The van der Waals surface area contributed by atoms with Gasteiger partial charge in [-0.25, -0.2) is 4.79 Å². The van der Waals surface area contributed by atoms with E-state index in [1.807, 2.05) is 24.0 Å². The fourth-order valence-electron chi connectivity index (χ4n) is 2.95. The first-order valence-corrected chi connectivity index (χ1v) is 7.66. The summed E-state index contributed by atoms with van der Waals surface area (Å²) in [6, 6.07) is 3.71. The van der Waals surface area contributed by atoms with Gasteiger partial charge < -0.3 is 19.4 Å². The molecule has 116 valence electrons. The first-order chi connectivity index (χ1) is 9.97. The van der Waals surface area contributed by atoms with Crippen LogP contribution in [-0.2, 0) is 4.74 Å². The quantitative estimate of drug-likeness (QED) is 0.932. The van der Waals surface area contributed by atoms with E-state index in [2.05, 4.69) is 19.2 Å². The molecule has 0 spiro atoms. The molecule has 1 N–H and O–H groups in total. The molecule has 1 aliphatic heterocycles. The van der Waals surface area contributed by atoms with Crippen LogP contribution in [0, 0.1) is 18.3 Å². The van der Waals surface area contributed by atoms with Gasteiger partial charge in [0.25, 0.3) is 0 Å². The predicted molar refractivity (Wildman–Crippen MR) is 79.0 cm³/mol. The Bertz CT molecular complexity index is 523. The number of hydrogen-bond acceptors (Lipinski definition) is 3. The Morgan fingerprint density at radius 2 is 2.24 bits per heavy atom. The second-order valence-electron chi connectivity index (χ2n) is 6.81. The molecule has 2 heterocycles. The molecule has 2 amide bonds. The van der Waals surface area contributed by atoms with Crippen molar-refractivity contribution in [1.29, 1.82) is 0 Å². The van der Waals surface area contributed by atoms with Gasteiger partial charge in [-0.15, -0.1) is 0 Å². The summed E-state index contributed by atoms with van der Waals surface area (Å²) in [6.45, 7) is 8.83. The smallest absolute Gasteiger partial charge is 0.318 e. The summed E-state index contributed by atoms with van der Waals surface area (Å²) in [7, 11) is 0. The van der Waals surface area contributed by atoms with Gasteiger partial charge in [0.05, 0.1) is 13.2 Å². The Balaban J connectivity index is 1.62. The van der Waals surface area contributed by atoms with E-state index >= 15 is 0 Å². The van der Waals surface area contributed by atoms with E-state index < -0.39 is 0 Å². The fourth-order valence-corrected chi connectivity index (χ4v) is 2.95. The van der Waals surface area contributed by atoms with E-state index in [9.17, 15) is 4.79 Å². The minimum Gasteiger partial charge on any atom is -0.464 e. The maximum atomic E-state index is 12.4. The van der Waals surface area contributed by atoms with Crippen LogP contribution < -0.4 is 5.32 Å². The second-order valence-corrected chi connectivity index (χ2v) is 6.81. The van der Waals surface area contributed by atoms with Gasteiger partial charge >= 0.3 is 6.03 Å². The molecule has 1 aliphatic carbocycles. The molecule has 1 aromatic heterocycles. The third-order valence-corrected chi connectivity index (χ3v) is 4.70. The Labute approximate surface area is 125 Å². The Morgan fingerprint density at radius 1 is 1.48 bits per heavy atom. The Hall–Kier alpha value is -1.49. The van der Waals surface area contributed by atoms with E-state index in [0.29, 0.717) is 31.1 Å². The van der Waals surface area contributed by atoms with Crippen molar-refractivity contribution < 1.29 is 13.9 Å². The van der Waals surface area contributed by atoms with E-state index in [1.165, 1.54) is 6.42 Å². The molecule has 21 heavy (non-hydrogen) atoms. The minimum atomic E-state index is -0.125. The Morgan fingerprint density at radius 3 is 2.86 bits per heavy atom. The normalized spacial score (nSPS) is 27.5. The lowest BCUT2D eigenvalue weighted by Gasteiger charge is -2.34. The molecule has 2 aliphatic rings. The third-order valence-electron chi connectivity index (χ3n) is 4.70. The molecular formula is C16H24N2O3. The van der Waals surface area contributed by atoms with Crippen LogP contribution in [0.1, 0.15) is 37.8 Å². The van der Waals surface area contributed by atoms with Crippen molar-refractivity contribution in [2.24, 2.45) is 11.3 Å². The number of carbonyl (C=O) groups is 1. The number of amides is 2. The van der Waals surface area contributed by atoms with Crippen molar-refractivity contribution in [2.45, 2.75) is 33.2 Å². The molecule has 1 saturated carbocycles. The maximum absolute atomic E-state index is 12.4. The highest BCUT2D eigenvalue weighted by Gasteiger charge is 2.45. The van der Waals surface area contributed by atoms with Crippen LogP contribution in [0.2, 0.25) is 0 Å². The standard InChI is InChI=1S/C16H24N2O3/c1-11-4-5-14(21-11)13-10-20-7-6-18(13)15(19)17-9-12-8-16(12,2)3/h4-5,12-13H,6-10H2,1-3H3,(H,17,19). The summed E-state index contributed by atoms with van der Waals surface area (Å²) < 4.78 is 11.2. The lowest BCUT2D eigenvalue weighted by Crippen LogP contribution is -2.48. The summed E-state index contributed by atoms with van der Waals surface area (Å²) in [6.07, 6.45) is 1.19. The zero-order valence-corrected chi connectivity index (χ0v) is 13.0. The number of urea groups is 1. The second kappa shape index (κ2) is 5.37. The number of aryl methyl sites for hydroxylation is 1. The van der Waals surface area contributed by atoms with Gasteiger partial charge in [0, 0.05) is 13.1 Å². The van der Waals surface area contributed by atoms with Crippen molar-refractivity contribution in [1.82, 2.24) is 10.2 Å². The van der Waals surface area contributed by atoms with Crippen molar-refractivity contribution in [3.63, 3.8) is 0 Å². The number of morpholine rings is 1. The molecule has 2 atom stereocenters. The highest BCUT2D eigenvalue weighted by molar-refractivity contribution is 5.74. The summed E-state index contributed by atoms with van der Waals surface area (Å²) in [5.74, 6) is 2.26. The largest absolute Gasteiger partial charge is 0.464 e. The SMILES string of the molecule is Cc1ccc(C2COCCN2C(=O)NCC2CC2(C)C)o1. The van der Waals surface area contributed by atoms with Crippen LogP contribution in [0.25, 0.3) is 0 Å². The van der Waals surface area contributed by atoms with Crippen LogP contribution in [-0.4, -0.2) is 37.2 Å². The zero-order chi connectivity index (χ0) is 15.0. The number of hydrogen-bond donors (Lipinski definition) is 1. The summed E-state index contributed by atoms with van der Waals surface area (Å²) in [5.41, 5.74) is 0.385. The van der Waals surface area contributed by atoms with E-state index in [0.717, 1.165) is 18.1 Å². The fraction of sp³-hybridized carbons (Fsp3) is 0.688. The van der Waals surface area contributed by atoms with E-state index in [-0.39, 0.29) is 12.1 Å². The third kappa shape index (κ3) is 3.07. The zero-order valence-electron chi connectivity index (χ0n) is 13.0. The summed E-state index contributed by atoms with van der Waals surface area (Å²) in [5, 5.41) is 3.07. The first-order valence-electron chi connectivity index (χ1n) is 7.66. The molecule has 0 aromatic carbocycles. The average Bonchev–Trinajstić information content (AvgIpc) is 2.85. The van der Waals surface area contributed by atoms with Crippen LogP contribution >= 0.6 is 0 Å². The number of nitrogens with zero attached hydrogens (tertiary/aromatic N) is 1. The highest BCUT2D eigenvalue weighted by atomic mass is 16.5. The molecular weight excluding hydrogens is 268 g/mol. The van der Waals surface area contributed by atoms with Gasteiger partial charge in [-0.1, -0.05) is 13.8 Å². The maximum Gasteiger partial charge on any atom is 0.318 e. The molecule has 0 bridgehead atoms. The molecule has 2 unspecified atom stereocenters. The summed E-state index contributed by atoms with van der Waals surface area (Å²) in [4.78, 5) is 14.3. The van der Waals surface area contributed by atoms with Crippen molar-refractivity contribution in [3.05, 3.63) is 23.7 Å². The van der Waals surface area contributed by atoms with Gasteiger partial charge in [-0.05, 0) is 36.8 Å². The van der Waals surface area contributed by atoms with Crippen molar-refractivity contribution >= 4 is 6.03 Å². The average molecular weight is 292 g/mol. The number of furan rings is 1. The van der Waals surface area contributed by atoms with Crippen LogP contribution in [0.15, 0.2) is 16.5 Å². The number of ether oxygens (including phenoxy) is 1. The van der Waals surface area contributed by atoms with Crippen molar-refractivity contribution in [3.8, 4) is 0 Å². The molecule has 5 heteroatoms. The van der Waals surface area contributed by atoms with E-state index in [4.69, 9.17) is 9.15 Å². The van der Waals surface area contributed by atoms with Gasteiger partial charge in [-0.2, -0.15) is 0 Å². The Kier molecular flexibility index (Phi) is 3.69. The molecule has 2 fully saturated rings. The predicted octanol–water partition coefficient (Wildman–Crippen LogP) is 2.72. The number of nitrogens with one attached hydrogen (secondary N) is 1. The van der Waals surface area contributed by atoms with Crippen LogP contribution in [0.3, 0.4) is 0 Å². The number of carbonyl (C=O) groups excluding carboxylic acids is 1. The van der Waals surface area contributed by atoms with Gasteiger partial charge in [0.15, 0.2) is 0 Å². The number of rotatable bonds is 3. The van der Waals surface area contributed by atoms with Crippen LogP contribution in [0.5, 0.6) is 0 Å². The topological polar surface area (TPSA) is 54.7 Å². The lowest BCUT2D eigenvalue weighted by molar-refractivity contribution is 0.00402. The molecule has 1 saturated heterocycles. The molecule has 3 rings (SSSR count). The van der Waals surface area contributed by atoms with E-state index in [1.54, 1.807) is 0 Å². The van der Waals surface area contributed by atoms with Crippen LogP contribution in [0.4, 0.5) is 4.79 Å². The molecule has 5 nitrogen and oxygen atoms in total. The highest BCUT2D eigenvalue weighted by Crippen LogP contribution is 2.51. The monoisotopic (exact) mass is 292 g/mol. The van der Waals surface area contributed by atoms with Gasteiger partial charge in [0.2, 0.25) is 0 Å². The van der Waals surface area contributed by atoms with Crippen molar-refractivity contribution in [2.75, 3.05) is 26.3 Å². The molecule has 1 aromatic rings.